The molecule has 1 aromatic heterocycles. The van der Waals surface area contributed by atoms with E-state index in [1.54, 1.807) is 17.7 Å². The molecule has 13 heteroatoms. The summed E-state index contributed by atoms with van der Waals surface area (Å²) in [7, 11) is -1.87. The van der Waals surface area contributed by atoms with Gasteiger partial charge in [-0.05, 0) is 0 Å². The third-order valence-corrected chi connectivity index (χ3v) is 6.00. The largest absolute Gasteiger partial charge is 0.490 e. The van der Waals surface area contributed by atoms with E-state index in [2.05, 4.69) is 11.6 Å². The molecule has 3 atom stereocenters. The van der Waals surface area contributed by atoms with Gasteiger partial charge in [-0.15, -0.1) is 6.58 Å². The zero-order valence-electron chi connectivity index (χ0n) is 14.9. The maximum Gasteiger partial charge on any atom is 0.490 e. The molecular weight excluding hydrogens is 407 g/mol. The highest BCUT2D eigenvalue weighted by atomic mass is 32.2. The number of carbonyl (C=O) groups is 1. The van der Waals surface area contributed by atoms with E-state index < -0.39 is 22.2 Å². The number of fused-ring (bicyclic) bond motifs is 1. The molecule has 2 aliphatic heterocycles. The number of rotatable bonds is 5. The van der Waals surface area contributed by atoms with Gasteiger partial charge in [0.25, 0.3) is 10.0 Å². The molecule has 0 bridgehead atoms. The molecule has 1 aromatic rings. The van der Waals surface area contributed by atoms with E-state index in [1.807, 2.05) is 0 Å². The lowest BCUT2D eigenvalue weighted by molar-refractivity contribution is -0.192. The maximum absolute atomic E-state index is 12.7. The lowest BCUT2D eigenvalue weighted by atomic mass is 10.0. The SMILES string of the molecule is C=CCO[C@H]1CN(S(=O)(=O)c2cn(C)cn2)[C@@H]2COC[C@H]12.O=C(O)C(F)(F)F. The second kappa shape index (κ2) is 8.59. The van der Waals surface area contributed by atoms with Gasteiger partial charge in [0, 0.05) is 25.7 Å². The minimum atomic E-state index is -5.08. The van der Waals surface area contributed by atoms with Crippen LogP contribution in [0.1, 0.15) is 0 Å². The van der Waals surface area contributed by atoms with Crippen LogP contribution in [0.25, 0.3) is 0 Å². The highest BCUT2D eigenvalue weighted by molar-refractivity contribution is 7.89. The number of aliphatic carboxylic acids is 1. The number of alkyl halides is 3. The number of carboxylic acids is 1. The van der Waals surface area contributed by atoms with E-state index in [9.17, 15) is 21.6 Å². The van der Waals surface area contributed by atoms with Crippen LogP contribution in [0.2, 0.25) is 0 Å². The van der Waals surface area contributed by atoms with Crippen molar-refractivity contribution in [1.82, 2.24) is 13.9 Å². The Bertz CT molecular complexity index is 810. The van der Waals surface area contributed by atoms with Gasteiger partial charge < -0.3 is 19.1 Å². The molecule has 0 aromatic carbocycles. The summed E-state index contributed by atoms with van der Waals surface area (Å²) in [4.78, 5) is 12.9. The first-order valence-corrected chi connectivity index (χ1v) is 9.52. The first-order valence-electron chi connectivity index (χ1n) is 8.08. The van der Waals surface area contributed by atoms with E-state index in [0.717, 1.165) is 0 Å². The van der Waals surface area contributed by atoms with Crippen LogP contribution < -0.4 is 0 Å². The Hall–Kier alpha value is -1.96. The standard InChI is InChI=1S/C13H19N3O4S.C2HF3O2/c1-3-4-20-12-5-16(11-8-19-7-10(11)12)21(17,18)13-6-15(2)9-14-13;3-2(4,5)1(6)7/h3,6,9-12H,1,4-5,7-8H2,2H3;(H,6,7)/t10-,11+,12-;/m0./s1. The van der Waals surface area contributed by atoms with Crippen molar-refractivity contribution in [2.75, 3.05) is 26.4 Å². The van der Waals surface area contributed by atoms with E-state index in [-0.39, 0.29) is 23.1 Å². The first kappa shape index (κ1) is 22.3. The number of ether oxygens (including phenoxy) is 2. The predicted molar refractivity (Wildman–Crippen MR) is 88.8 cm³/mol. The van der Waals surface area contributed by atoms with Crippen molar-refractivity contribution in [3.8, 4) is 0 Å². The van der Waals surface area contributed by atoms with Crippen molar-refractivity contribution in [2.45, 2.75) is 23.3 Å². The van der Waals surface area contributed by atoms with Gasteiger partial charge in [-0.2, -0.15) is 17.5 Å². The topological polar surface area (TPSA) is 111 Å². The Kier molecular flexibility index (Phi) is 6.85. The lowest BCUT2D eigenvalue weighted by Gasteiger charge is -2.20. The molecule has 2 aliphatic rings. The molecule has 2 saturated heterocycles. The van der Waals surface area contributed by atoms with E-state index in [4.69, 9.17) is 19.4 Å². The number of nitrogens with zero attached hydrogens (tertiary/aromatic N) is 3. The van der Waals surface area contributed by atoms with Crippen LogP contribution in [0.5, 0.6) is 0 Å². The lowest BCUT2D eigenvalue weighted by Crippen LogP contribution is -2.38. The van der Waals surface area contributed by atoms with E-state index in [0.29, 0.717) is 26.4 Å². The maximum atomic E-state index is 12.7. The normalized spacial score (nSPS) is 25.1. The average Bonchev–Trinajstić information content (AvgIpc) is 3.29. The van der Waals surface area contributed by atoms with Crippen molar-refractivity contribution in [1.29, 1.82) is 0 Å². The first-order chi connectivity index (χ1) is 13.0. The number of halogens is 3. The monoisotopic (exact) mass is 427 g/mol. The molecule has 0 spiro atoms. The van der Waals surface area contributed by atoms with Gasteiger partial charge in [-0.3, -0.25) is 0 Å². The molecular formula is C15H20F3N3O6S. The summed E-state index contributed by atoms with van der Waals surface area (Å²) in [6, 6.07) is -0.174. The summed E-state index contributed by atoms with van der Waals surface area (Å²) in [6.07, 6.45) is -0.579. The van der Waals surface area contributed by atoms with Crippen molar-refractivity contribution in [3.05, 3.63) is 25.2 Å². The van der Waals surface area contributed by atoms with Crippen molar-refractivity contribution in [2.24, 2.45) is 13.0 Å². The molecule has 0 radical (unpaired) electrons. The van der Waals surface area contributed by atoms with Crippen LogP contribution in [0.15, 0.2) is 30.2 Å². The molecule has 0 unspecified atom stereocenters. The third kappa shape index (κ3) is 4.90. The molecule has 0 aliphatic carbocycles. The summed E-state index contributed by atoms with van der Waals surface area (Å²) < 4.78 is 71.4. The molecule has 0 amide bonds. The van der Waals surface area contributed by atoms with Crippen molar-refractivity contribution < 1.29 is 41.0 Å². The second-order valence-corrected chi connectivity index (χ2v) is 8.02. The van der Waals surface area contributed by atoms with Gasteiger partial charge in [0.15, 0.2) is 5.03 Å². The van der Waals surface area contributed by atoms with Gasteiger partial charge in [0.1, 0.15) is 0 Å². The fraction of sp³-hybridized carbons (Fsp3) is 0.600. The molecule has 28 heavy (non-hydrogen) atoms. The van der Waals surface area contributed by atoms with Crippen molar-refractivity contribution >= 4 is 16.0 Å². The number of aryl methyl sites for hydroxylation is 1. The summed E-state index contributed by atoms with van der Waals surface area (Å²) >= 11 is 0. The average molecular weight is 427 g/mol. The summed E-state index contributed by atoms with van der Waals surface area (Å²) in [6.45, 7) is 5.31. The van der Waals surface area contributed by atoms with Crippen LogP contribution in [0, 0.1) is 5.92 Å². The van der Waals surface area contributed by atoms with E-state index >= 15 is 0 Å². The Labute approximate surface area is 159 Å². The fourth-order valence-corrected chi connectivity index (χ4v) is 4.58. The number of aromatic nitrogens is 2. The number of sulfonamides is 1. The third-order valence-electron chi connectivity index (χ3n) is 4.23. The molecule has 158 valence electrons. The number of hydrogen-bond acceptors (Lipinski definition) is 6. The van der Waals surface area contributed by atoms with Gasteiger partial charge in [-0.25, -0.2) is 18.2 Å². The number of carboxylic acid groups (broad SMARTS) is 1. The summed E-state index contributed by atoms with van der Waals surface area (Å²) in [5, 5.41) is 7.19. The quantitative estimate of drug-likeness (QED) is 0.687. The second-order valence-electron chi connectivity index (χ2n) is 6.18. The fourth-order valence-electron chi connectivity index (χ4n) is 2.95. The van der Waals surface area contributed by atoms with E-state index in [1.165, 1.54) is 16.8 Å². The van der Waals surface area contributed by atoms with Crippen LogP contribution >= 0.6 is 0 Å². The molecule has 0 saturated carbocycles. The molecule has 1 N–H and O–H groups in total. The number of hydrogen-bond donors (Lipinski definition) is 1. The van der Waals surface area contributed by atoms with Crippen LogP contribution in [-0.2, 0) is 31.3 Å². The van der Waals surface area contributed by atoms with Crippen LogP contribution in [0.3, 0.4) is 0 Å². The van der Waals surface area contributed by atoms with Gasteiger partial charge in [0.2, 0.25) is 0 Å². The Morgan fingerprint density at radius 2 is 2.14 bits per heavy atom. The Balaban J connectivity index is 0.000000345. The van der Waals surface area contributed by atoms with Crippen LogP contribution in [-0.4, -0.2) is 78.0 Å². The van der Waals surface area contributed by atoms with Gasteiger partial charge in [-0.1, -0.05) is 6.08 Å². The Morgan fingerprint density at radius 3 is 2.64 bits per heavy atom. The molecule has 3 rings (SSSR count). The minimum absolute atomic E-state index is 0.0695. The van der Waals surface area contributed by atoms with Gasteiger partial charge in [0.05, 0.1) is 38.3 Å². The number of imidazole rings is 1. The zero-order chi connectivity index (χ0) is 21.1. The molecule has 3 heterocycles. The van der Waals surface area contributed by atoms with Gasteiger partial charge >= 0.3 is 12.1 Å². The zero-order valence-corrected chi connectivity index (χ0v) is 15.7. The van der Waals surface area contributed by atoms with Crippen molar-refractivity contribution in [3.63, 3.8) is 0 Å². The smallest absolute Gasteiger partial charge is 0.475 e. The summed E-state index contributed by atoms with van der Waals surface area (Å²) in [5.41, 5.74) is 0. The predicted octanol–water partition coefficient (Wildman–Crippen LogP) is 0.644. The molecule has 9 nitrogen and oxygen atoms in total. The molecule has 2 fully saturated rings. The summed E-state index contributed by atoms with van der Waals surface area (Å²) in [5.74, 6) is -2.68. The highest BCUT2D eigenvalue weighted by Gasteiger charge is 2.51. The van der Waals surface area contributed by atoms with Crippen LogP contribution in [0.4, 0.5) is 13.2 Å². The highest BCUT2D eigenvalue weighted by Crippen LogP contribution is 2.35. The Morgan fingerprint density at radius 1 is 1.50 bits per heavy atom. The minimum Gasteiger partial charge on any atom is -0.475 e.